The maximum absolute atomic E-state index is 15.9. The van der Waals surface area contributed by atoms with Crippen molar-refractivity contribution in [2.24, 2.45) is 0 Å². The number of ether oxygens (including phenoxy) is 2. The van der Waals surface area contributed by atoms with Gasteiger partial charge in [0.15, 0.2) is 11.6 Å². The van der Waals surface area contributed by atoms with Gasteiger partial charge in [0.05, 0.1) is 41.5 Å². The van der Waals surface area contributed by atoms with Crippen LogP contribution in [-0.4, -0.2) is 125 Å². The van der Waals surface area contributed by atoms with E-state index < -0.39 is 42.4 Å². The monoisotopic (exact) mass is 1060 g/mol. The molecule has 3 saturated heterocycles. The number of rotatable bonds is 14. The van der Waals surface area contributed by atoms with E-state index in [9.17, 15) is 29.2 Å². The fourth-order valence-electron chi connectivity index (χ4n) is 10.7. The number of piperazine rings is 1. The van der Waals surface area contributed by atoms with Gasteiger partial charge in [-0.1, -0.05) is 66.2 Å². The summed E-state index contributed by atoms with van der Waals surface area (Å²) in [6.07, 6.45) is 3.12. The van der Waals surface area contributed by atoms with Gasteiger partial charge in [-0.2, -0.15) is 15.2 Å². The molecule has 5 aliphatic heterocycles. The van der Waals surface area contributed by atoms with Crippen molar-refractivity contribution < 1.29 is 37.8 Å². The predicted molar refractivity (Wildman–Crippen MR) is 279 cm³/mol. The number of fused-ring (bicyclic) bond motifs is 3. The molecule has 3 fully saturated rings. The molecule has 1 unspecified atom stereocenters. The van der Waals surface area contributed by atoms with E-state index in [1.165, 1.54) is 17.0 Å². The predicted octanol–water partition coefficient (Wildman–Crippen LogP) is 6.76. The molecule has 0 bridgehead atoms. The number of aromatic nitrogens is 2. The first-order valence-electron chi connectivity index (χ1n) is 24.9. The first-order chi connectivity index (χ1) is 36.2. The number of nitrogens with zero attached hydrogens (tertiary/aromatic N) is 8. The number of nitrogens with one attached hydrogen (secondary N) is 3. The van der Waals surface area contributed by atoms with Crippen molar-refractivity contribution in [2.45, 2.75) is 76.3 Å². The Labute approximate surface area is 442 Å². The number of amides is 6. The SMILES string of the molecule is C=C(COc1cc(Cl)cc(NC(=O)NCc2ccc3c(c2)CN(C2CCC(=O)NC2=O)C3=O)c1F)C(=O)N1CCN(c2nc(OC[C@@H]3CCCN3C)nc3c2CCN(c2cccc4cccc(Cl)c24)C3)C[C@@H]1CC#N. The molecule has 18 nitrogen and oxygen atoms in total. The van der Waals surface area contributed by atoms with Crippen molar-refractivity contribution in [3.8, 4) is 17.8 Å². The van der Waals surface area contributed by atoms with Crippen LogP contribution in [0.4, 0.5) is 26.4 Å². The van der Waals surface area contributed by atoms with E-state index in [2.05, 4.69) is 56.4 Å². The van der Waals surface area contributed by atoms with Crippen LogP contribution in [0.3, 0.4) is 0 Å². The molecular formula is C54H54Cl2FN11O7. The van der Waals surface area contributed by atoms with Gasteiger partial charge in [-0.25, -0.2) is 9.18 Å². The molecule has 21 heteroatoms. The summed E-state index contributed by atoms with van der Waals surface area (Å²) in [6.45, 7) is 7.24. The lowest BCUT2D eigenvalue weighted by molar-refractivity contribution is -0.137. The zero-order valence-electron chi connectivity index (χ0n) is 41.2. The third kappa shape index (κ3) is 10.7. The number of carbonyl (C=O) groups excluding carboxylic acids is 5. The van der Waals surface area contributed by atoms with Gasteiger partial charge in [-0.15, -0.1) is 0 Å². The van der Waals surface area contributed by atoms with Gasteiger partial charge in [-0.3, -0.25) is 24.5 Å². The smallest absolute Gasteiger partial charge is 0.319 e. The number of anilines is 3. The van der Waals surface area contributed by atoms with Gasteiger partial charge in [0.25, 0.3) is 11.8 Å². The largest absolute Gasteiger partial charge is 0.486 e. The van der Waals surface area contributed by atoms with Crippen molar-refractivity contribution in [3.63, 3.8) is 0 Å². The summed E-state index contributed by atoms with van der Waals surface area (Å²) in [5.74, 6) is -2.24. The fraction of sp³-hybridized carbons (Fsp3) is 0.370. The van der Waals surface area contributed by atoms with E-state index in [4.69, 9.17) is 42.6 Å². The number of carbonyl (C=O) groups is 5. The van der Waals surface area contributed by atoms with Crippen molar-refractivity contribution in [1.82, 2.24) is 35.3 Å². The highest BCUT2D eigenvalue weighted by molar-refractivity contribution is 6.36. The Morgan fingerprint density at radius 2 is 1.77 bits per heavy atom. The van der Waals surface area contributed by atoms with Crippen LogP contribution in [0.25, 0.3) is 10.8 Å². The lowest BCUT2D eigenvalue weighted by atomic mass is 10.0. The second-order valence-corrected chi connectivity index (χ2v) is 20.3. The maximum atomic E-state index is 15.9. The van der Waals surface area contributed by atoms with E-state index in [0.717, 1.165) is 47.1 Å². The number of nitriles is 1. The Morgan fingerprint density at radius 3 is 2.56 bits per heavy atom. The lowest BCUT2D eigenvalue weighted by Crippen LogP contribution is -2.56. The quantitative estimate of drug-likeness (QED) is 0.0778. The Balaban J connectivity index is 0.780. The van der Waals surface area contributed by atoms with Gasteiger partial charge in [0.2, 0.25) is 11.8 Å². The first-order valence-corrected chi connectivity index (χ1v) is 25.7. The van der Waals surface area contributed by atoms with Gasteiger partial charge < -0.3 is 44.6 Å². The molecule has 6 heterocycles. The molecule has 5 aliphatic rings. The van der Waals surface area contributed by atoms with Crippen LogP contribution >= 0.6 is 23.2 Å². The van der Waals surface area contributed by atoms with Crippen LogP contribution in [0.15, 0.2) is 78.9 Å². The fourth-order valence-corrected chi connectivity index (χ4v) is 11.2. The maximum Gasteiger partial charge on any atom is 0.319 e. The highest BCUT2D eigenvalue weighted by Crippen LogP contribution is 2.38. The molecule has 0 radical (unpaired) electrons. The van der Waals surface area contributed by atoms with Gasteiger partial charge in [0.1, 0.15) is 25.1 Å². The molecule has 0 spiro atoms. The molecular weight excluding hydrogens is 1000 g/mol. The number of piperidine rings is 1. The second kappa shape index (κ2) is 21.7. The Kier molecular flexibility index (Phi) is 14.8. The van der Waals surface area contributed by atoms with Gasteiger partial charge >= 0.3 is 12.0 Å². The topological polar surface area (TPSA) is 206 Å². The van der Waals surface area contributed by atoms with Crippen LogP contribution < -0.4 is 35.2 Å². The lowest BCUT2D eigenvalue weighted by Gasteiger charge is -2.42. The second-order valence-electron chi connectivity index (χ2n) is 19.4. The molecule has 0 saturated carbocycles. The summed E-state index contributed by atoms with van der Waals surface area (Å²) in [6, 6.07) is 20.2. The number of benzene rings is 4. The molecule has 5 aromatic rings. The summed E-state index contributed by atoms with van der Waals surface area (Å²) in [4.78, 5) is 84.1. The highest BCUT2D eigenvalue weighted by atomic mass is 35.5. The van der Waals surface area contributed by atoms with Crippen LogP contribution in [0.1, 0.15) is 64.8 Å². The number of urea groups is 1. The van der Waals surface area contributed by atoms with Gasteiger partial charge in [0, 0.05) is 90.6 Å². The van der Waals surface area contributed by atoms with E-state index >= 15 is 4.39 Å². The normalized spacial score (nSPS) is 19.6. The molecule has 75 heavy (non-hydrogen) atoms. The number of imide groups is 1. The molecule has 388 valence electrons. The molecule has 0 aliphatic carbocycles. The van der Waals surface area contributed by atoms with E-state index in [-0.39, 0.29) is 84.8 Å². The van der Waals surface area contributed by atoms with Crippen molar-refractivity contribution >= 4 is 80.8 Å². The minimum absolute atomic E-state index is 0.00917. The summed E-state index contributed by atoms with van der Waals surface area (Å²) < 4.78 is 28.1. The summed E-state index contributed by atoms with van der Waals surface area (Å²) >= 11 is 13.1. The minimum atomic E-state index is -0.939. The zero-order chi connectivity index (χ0) is 52.5. The average Bonchev–Trinajstić information content (AvgIpc) is 3.98. The highest BCUT2D eigenvalue weighted by Gasteiger charge is 2.40. The average molecular weight is 1060 g/mol. The van der Waals surface area contributed by atoms with Crippen LogP contribution in [0.5, 0.6) is 11.8 Å². The Hall–Kier alpha value is -7.53. The molecule has 4 aromatic carbocycles. The molecule has 6 amide bonds. The van der Waals surface area contributed by atoms with Crippen molar-refractivity contribution in [3.05, 3.63) is 123 Å². The standard InChI is InChI=1S/C54H54Cl2FN11O7/c1-31(29-74-45-24-35(55)23-41(48(45)57)60-53(73)59-25-32-11-12-38-34(22-32)26-68(52(38)72)44-13-14-46(69)62-50(44)70)51(71)67-21-20-66(27-36(67)15-17-58)49-39-16-19-65(43-10-4-7-33-6-3-9-40(56)47(33)43)28-42(39)61-54(63-49)75-30-37-8-5-18-64(37)2/h3-4,6-7,9-12,22-24,36-37,44H,1,5,8,13-16,18-21,25-30H2,2H3,(H2,59,60,73)(H,62,69,70)/t36-,37-,44?/m0/s1. The third-order valence-corrected chi connectivity index (χ3v) is 15.2. The van der Waals surface area contributed by atoms with Crippen LogP contribution in [0.2, 0.25) is 10.0 Å². The van der Waals surface area contributed by atoms with Crippen molar-refractivity contribution in [1.29, 1.82) is 5.26 Å². The third-order valence-electron chi connectivity index (χ3n) is 14.6. The Morgan fingerprint density at radius 1 is 0.947 bits per heavy atom. The minimum Gasteiger partial charge on any atom is -0.486 e. The summed E-state index contributed by atoms with van der Waals surface area (Å²) in [5.41, 5.74) is 4.27. The van der Waals surface area contributed by atoms with Crippen LogP contribution in [-0.2, 0) is 40.4 Å². The molecule has 10 rings (SSSR count). The van der Waals surface area contributed by atoms with E-state index in [1.807, 2.05) is 30.3 Å². The molecule has 1 aromatic heterocycles. The number of halogens is 3. The number of likely N-dealkylation sites (N-methyl/N-ethyl adjacent to an activating group) is 1. The number of likely N-dealkylation sites (tertiary alicyclic amines) is 1. The molecule has 3 atom stereocenters. The van der Waals surface area contributed by atoms with Gasteiger partial charge in [-0.05, 0) is 80.1 Å². The van der Waals surface area contributed by atoms with Crippen LogP contribution in [0, 0.1) is 17.1 Å². The number of hydrogen-bond acceptors (Lipinski definition) is 13. The van der Waals surface area contributed by atoms with E-state index in [1.54, 1.807) is 23.1 Å². The van der Waals surface area contributed by atoms with Crippen molar-refractivity contribution in [2.75, 3.05) is 68.1 Å². The Bertz CT molecular complexity index is 3190. The number of hydrogen-bond donors (Lipinski definition) is 3. The summed E-state index contributed by atoms with van der Waals surface area (Å²) in [7, 11) is 2.09. The molecule has 3 N–H and O–H groups in total. The summed E-state index contributed by atoms with van der Waals surface area (Å²) in [5, 5.41) is 20.2. The van der Waals surface area contributed by atoms with E-state index in [0.29, 0.717) is 66.7 Å². The first kappa shape index (κ1) is 51.0. The zero-order valence-corrected chi connectivity index (χ0v) is 42.7.